The number of pyridine rings is 1. The largest absolute Gasteiger partial charge is 0.444 e. The second-order valence-corrected chi connectivity index (χ2v) is 10.00. The molecule has 3 rings (SSSR count). The quantitative estimate of drug-likeness (QED) is 0.812. The molecule has 0 aliphatic carbocycles. The van der Waals surface area contributed by atoms with Gasteiger partial charge in [0.1, 0.15) is 17.5 Å². The predicted octanol–water partition coefficient (Wildman–Crippen LogP) is 2.85. The van der Waals surface area contributed by atoms with Crippen molar-refractivity contribution in [1.82, 2.24) is 24.5 Å². The first-order valence-electron chi connectivity index (χ1n) is 10.7. The highest BCUT2D eigenvalue weighted by molar-refractivity contribution is 5.87. The first-order chi connectivity index (χ1) is 14.3. The van der Waals surface area contributed by atoms with Crippen molar-refractivity contribution in [2.45, 2.75) is 65.6 Å². The SMILES string of the molecule is Cc1cccn2c(C(C)(C)NC(=O)[C@@H]3CN(C)CCN3C(=O)OC(C)(C)C)nc(C)c12. The number of hydrogen-bond acceptors (Lipinski definition) is 5. The third-order valence-corrected chi connectivity index (χ3v) is 5.55. The van der Waals surface area contributed by atoms with Crippen molar-refractivity contribution in [3.63, 3.8) is 0 Å². The molecule has 2 amide bonds. The first kappa shape index (κ1) is 23.1. The molecule has 3 heterocycles. The van der Waals surface area contributed by atoms with Crippen LogP contribution in [0.15, 0.2) is 18.3 Å². The van der Waals surface area contributed by atoms with E-state index in [1.165, 1.54) is 4.90 Å². The van der Waals surface area contributed by atoms with E-state index in [2.05, 4.69) is 23.2 Å². The summed E-state index contributed by atoms with van der Waals surface area (Å²) in [7, 11) is 1.95. The summed E-state index contributed by atoms with van der Waals surface area (Å²) in [5.74, 6) is 0.537. The van der Waals surface area contributed by atoms with Gasteiger partial charge in [0.05, 0.1) is 16.7 Å². The van der Waals surface area contributed by atoms with Crippen molar-refractivity contribution in [3.05, 3.63) is 35.4 Å². The van der Waals surface area contributed by atoms with Gasteiger partial charge in [-0.3, -0.25) is 9.69 Å². The molecule has 170 valence electrons. The van der Waals surface area contributed by atoms with Crippen LogP contribution in [0.3, 0.4) is 0 Å². The van der Waals surface area contributed by atoms with Gasteiger partial charge in [0.2, 0.25) is 5.91 Å². The average Bonchev–Trinajstić information content (AvgIpc) is 2.98. The zero-order valence-electron chi connectivity index (χ0n) is 19.9. The molecular formula is C23H35N5O3. The van der Waals surface area contributed by atoms with Gasteiger partial charge in [0.15, 0.2) is 0 Å². The third-order valence-electron chi connectivity index (χ3n) is 5.55. The maximum atomic E-state index is 13.4. The molecule has 1 saturated heterocycles. The number of amides is 2. The van der Waals surface area contributed by atoms with Gasteiger partial charge in [-0.05, 0) is 67.1 Å². The topological polar surface area (TPSA) is 79.2 Å². The van der Waals surface area contributed by atoms with Crippen molar-refractivity contribution in [2.75, 3.05) is 26.7 Å². The van der Waals surface area contributed by atoms with Gasteiger partial charge in [-0.1, -0.05) is 6.07 Å². The summed E-state index contributed by atoms with van der Waals surface area (Å²) in [5, 5.41) is 3.14. The summed E-state index contributed by atoms with van der Waals surface area (Å²) >= 11 is 0. The molecule has 8 heteroatoms. The summed E-state index contributed by atoms with van der Waals surface area (Å²) in [4.78, 5) is 34.5. The molecule has 1 aliphatic heterocycles. The van der Waals surface area contributed by atoms with E-state index in [0.29, 0.717) is 19.6 Å². The number of carbonyl (C=O) groups is 2. The Morgan fingerprint density at radius 2 is 1.84 bits per heavy atom. The summed E-state index contributed by atoms with van der Waals surface area (Å²) < 4.78 is 7.59. The number of imidazole rings is 1. The molecule has 0 radical (unpaired) electrons. The molecule has 31 heavy (non-hydrogen) atoms. The fourth-order valence-electron chi connectivity index (χ4n) is 4.09. The monoisotopic (exact) mass is 429 g/mol. The number of nitrogens with zero attached hydrogens (tertiary/aromatic N) is 4. The van der Waals surface area contributed by atoms with Gasteiger partial charge >= 0.3 is 6.09 Å². The van der Waals surface area contributed by atoms with E-state index in [0.717, 1.165) is 22.6 Å². The second kappa shape index (κ2) is 8.15. The molecule has 2 aromatic heterocycles. The normalized spacial score (nSPS) is 18.3. The molecule has 0 aromatic carbocycles. The van der Waals surface area contributed by atoms with Gasteiger partial charge in [-0.15, -0.1) is 0 Å². The third kappa shape index (κ3) is 4.84. The van der Waals surface area contributed by atoms with E-state index in [1.54, 1.807) is 0 Å². The Morgan fingerprint density at radius 1 is 1.16 bits per heavy atom. The molecule has 8 nitrogen and oxygen atoms in total. The number of rotatable bonds is 3. The molecule has 2 aromatic rings. The van der Waals surface area contributed by atoms with Gasteiger partial charge in [0.25, 0.3) is 0 Å². The van der Waals surface area contributed by atoms with Crippen LogP contribution < -0.4 is 5.32 Å². The van der Waals surface area contributed by atoms with Crippen LogP contribution >= 0.6 is 0 Å². The Kier molecular flexibility index (Phi) is 6.06. The first-order valence-corrected chi connectivity index (χ1v) is 10.7. The van der Waals surface area contributed by atoms with Crippen LogP contribution in [0, 0.1) is 13.8 Å². The van der Waals surface area contributed by atoms with Gasteiger partial charge in [-0.25, -0.2) is 9.78 Å². The highest BCUT2D eigenvalue weighted by Gasteiger charge is 2.39. The fraction of sp³-hybridized carbons (Fsp3) is 0.609. The summed E-state index contributed by atoms with van der Waals surface area (Å²) in [6.07, 6.45) is 1.50. The Bertz CT molecular complexity index is 989. The lowest BCUT2D eigenvalue weighted by atomic mass is 10.0. The molecule has 1 N–H and O–H groups in total. The number of piperazine rings is 1. The van der Waals surface area contributed by atoms with Gasteiger partial charge < -0.3 is 19.4 Å². The molecule has 1 fully saturated rings. The number of likely N-dealkylation sites (N-methyl/N-ethyl adjacent to an activating group) is 1. The highest BCUT2D eigenvalue weighted by atomic mass is 16.6. The number of aromatic nitrogens is 2. The number of nitrogens with one attached hydrogen (secondary N) is 1. The van der Waals surface area contributed by atoms with E-state index in [4.69, 9.17) is 9.72 Å². The van der Waals surface area contributed by atoms with E-state index in [9.17, 15) is 9.59 Å². The minimum atomic E-state index is -0.738. The number of fused-ring (bicyclic) bond motifs is 1. The number of carbonyl (C=O) groups excluding carboxylic acids is 2. The smallest absolute Gasteiger partial charge is 0.411 e. The average molecular weight is 430 g/mol. The minimum absolute atomic E-state index is 0.218. The minimum Gasteiger partial charge on any atom is -0.444 e. The standard InChI is InChI=1S/C23H35N5O3/c1-15-10-9-11-28-18(15)16(2)24-20(28)23(6,7)25-19(29)17-14-26(8)12-13-27(17)21(30)31-22(3,4)5/h9-11,17H,12-14H2,1-8H3,(H,25,29)/t17-/m0/s1. The fourth-order valence-corrected chi connectivity index (χ4v) is 4.09. The van der Waals surface area contributed by atoms with Crippen molar-refractivity contribution >= 4 is 17.5 Å². The van der Waals surface area contributed by atoms with Crippen LogP contribution in [0.25, 0.3) is 5.52 Å². The number of aryl methyl sites for hydroxylation is 2. The van der Waals surface area contributed by atoms with Crippen LogP contribution in [-0.4, -0.2) is 69.5 Å². The maximum absolute atomic E-state index is 13.4. The van der Waals surface area contributed by atoms with Gasteiger partial charge in [-0.2, -0.15) is 0 Å². The van der Waals surface area contributed by atoms with Crippen molar-refractivity contribution in [2.24, 2.45) is 0 Å². The van der Waals surface area contributed by atoms with E-state index in [1.807, 2.05) is 65.3 Å². The zero-order valence-corrected chi connectivity index (χ0v) is 19.9. The lowest BCUT2D eigenvalue weighted by Gasteiger charge is -2.40. The summed E-state index contributed by atoms with van der Waals surface area (Å²) in [6, 6.07) is 3.39. The number of hydrogen-bond donors (Lipinski definition) is 1. The molecule has 0 bridgehead atoms. The summed E-state index contributed by atoms with van der Waals surface area (Å²) in [5.41, 5.74) is 1.74. The lowest BCUT2D eigenvalue weighted by molar-refractivity contribution is -0.130. The van der Waals surface area contributed by atoms with E-state index >= 15 is 0 Å². The van der Waals surface area contributed by atoms with E-state index in [-0.39, 0.29) is 5.91 Å². The Morgan fingerprint density at radius 3 is 2.48 bits per heavy atom. The highest BCUT2D eigenvalue weighted by Crippen LogP contribution is 2.25. The Hall–Kier alpha value is -2.61. The lowest BCUT2D eigenvalue weighted by Crippen LogP contribution is -2.62. The second-order valence-electron chi connectivity index (χ2n) is 10.00. The summed E-state index contributed by atoms with van der Waals surface area (Å²) in [6.45, 7) is 15.0. The Balaban J connectivity index is 1.87. The molecule has 0 spiro atoms. The van der Waals surface area contributed by atoms with E-state index < -0.39 is 23.3 Å². The molecule has 1 atom stereocenters. The number of ether oxygens (including phenoxy) is 1. The molecule has 0 unspecified atom stereocenters. The maximum Gasteiger partial charge on any atom is 0.411 e. The van der Waals surface area contributed by atoms with Crippen LogP contribution in [0.2, 0.25) is 0 Å². The van der Waals surface area contributed by atoms with Gasteiger partial charge in [0, 0.05) is 25.8 Å². The molecular weight excluding hydrogens is 394 g/mol. The predicted molar refractivity (Wildman–Crippen MR) is 120 cm³/mol. The van der Waals surface area contributed by atoms with Crippen LogP contribution in [-0.2, 0) is 15.1 Å². The van der Waals surface area contributed by atoms with Crippen molar-refractivity contribution in [3.8, 4) is 0 Å². The van der Waals surface area contributed by atoms with Crippen LogP contribution in [0.5, 0.6) is 0 Å². The van der Waals surface area contributed by atoms with Crippen molar-refractivity contribution in [1.29, 1.82) is 0 Å². The molecule has 0 saturated carbocycles. The zero-order chi connectivity index (χ0) is 23.1. The molecule has 1 aliphatic rings. The Labute approximate surface area is 184 Å². The van der Waals surface area contributed by atoms with Crippen LogP contribution in [0.4, 0.5) is 4.79 Å². The van der Waals surface area contributed by atoms with Crippen LogP contribution in [0.1, 0.15) is 51.7 Å². The van der Waals surface area contributed by atoms with Crippen molar-refractivity contribution < 1.29 is 14.3 Å².